The van der Waals surface area contributed by atoms with Crippen molar-refractivity contribution in [3.05, 3.63) is 59.1 Å². The summed E-state index contributed by atoms with van der Waals surface area (Å²) in [5, 5.41) is 11.7. The number of para-hydroxylation sites is 2. The number of nitrogens with one attached hydrogen (secondary N) is 3. The first-order valence-electron chi connectivity index (χ1n) is 10.4. The molecular weight excluding hydrogens is 368 g/mol. The molecule has 0 bridgehead atoms. The molecule has 1 spiro atoms. The Morgan fingerprint density at radius 2 is 1.68 bits per heavy atom. The molecule has 4 nitrogen and oxygen atoms in total. The highest BCUT2D eigenvalue weighted by Gasteiger charge is 2.39. The molecule has 5 heteroatoms. The molecule has 2 aliphatic rings. The van der Waals surface area contributed by atoms with E-state index in [1.54, 1.807) is 0 Å². The maximum absolute atomic E-state index is 6.13. The minimum atomic E-state index is -0.116. The zero-order valence-electron chi connectivity index (χ0n) is 16.9. The van der Waals surface area contributed by atoms with E-state index in [4.69, 9.17) is 16.6 Å². The number of aliphatic imine (C=N–C) groups is 1. The largest absolute Gasteiger partial charge is 0.371 e. The van der Waals surface area contributed by atoms with E-state index in [-0.39, 0.29) is 5.54 Å². The van der Waals surface area contributed by atoms with Crippen LogP contribution in [0.2, 0.25) is 5.02 Å². The van der Waals surface area contributed by atoms with Crippen molar-refractivity contribution in [3.8, 4) is 0 Å². The van der Waals surface area contributed by atoms with Gasteiger partial charge in [-0.2, -0.15) is 0 Å². The Hall–Kier alpha value is -2.04. The van der Waals surface area contributed by atoms with E-state index in [9.17, 15) is 0 Å². The van der Waals surface area contributed by atoms with Crippen molar-refractivity contribution >= 4 is 28.8 Å². The smallest absolute Gasteiger partial charge is 0.127 e. The van der Waals surface area contributed by atoms with Gasteiger partial charge in [0.15, 0.2) is 0 Å². The van der Waals surface area contributed by atoms with Gasteiger partial charge in [-0.1, -0.05) is 49.7 Å². The summed E-state index contributed by atoms with van der Waals surface area (Å²) in [4.78, 5) is 5.01. The molecule has 2 aromatic rings. The Kier molecular flexibility index (Phi) is 7.35. The summed E-state index contributed by atoms with van der Waals surface area (Å²) in [5.74, 6) is 1.05. The monoisotopic (exact) mass is 398 g/mol. The molecule has 0 amide bonds. The molecule has 3 N–H and O–H groups in total. The molecule has 1 saturated heterocycles. The van der Waals surface area contributed by atoms with Gasteiger partial charge >= 0.3 is 0 Å². The van der Waals surface area contributed by atoms with Gasteiger partial charge in [-0.3, -0.25) is 4.99 Å². The second kappa shape index (κ2) is 9.94. The molecule has 2 heterocycles. The Morgan fingerprint density at radius 1 is 0.964 bits per heavy atom. The Morgan fingerprint density at radius 3 is 2.39 bits per heavy atom. The molecular formula is C23H31ClN4. The second-order valence-electron chi connectivity index (χ2n) is 7.13. The lowest BCUT2D eigenvalue weighted by molar-refractivity contribution is 0.429. The molecule has 2 aliphatic heterocycles. The first-order valence-corrected chi connectivity index (χ1v) is 10.8. The van der Waals surface area contributed by atoms with E-state index < -0.39 is 0 Å². The molecule has 150 valence electrons. The van der Waals surface area contributed by atoms with E-state index >= 15 is 0 Å². The van der Waals surface area contributed by atoms with Crippen LogP contribution in [0.4, 0.5) is 11.4 Å². The fraction of sp³-hybridized carbons (Fsp3) is 0.435. The maximum Gasteiger partial charge on any atom is 0.127 e. The highest BCUT2D eigenvalue weighted by atomic mass is 35.5. The highest BCUT2D eigenvalue weighted by molar-refractivity contribution is 6.30. The van der Waals surface area contributed by atoms with Gasteiger partial charge in [0.1, 0.15) is 5.84 Å². The van der Waals surface area contributed by atoms with Crippen LogP contribution in [0.25, 0.3) is 0 Å². The van der Waals surface area contributed by atoms with Crippen LogP contribution in [0.1, 0.15) is 45.1 Å². The van der Waals surface area contributed by atoms with Crippen molar-refractivity contribution in [3.63, 3.8) is 0 Å². The Labute approximate surface area is 173 Å². The summed E-state index contributed by atoms with van der Waals surface area (Å²) in [7, 11) is 0. The van der Waals surface area contributed by atoms with E-state index in [1.807, 2.05) is 32.0 Å². The van der Waals surface area contributed by atoms with E-state index in [0.29, 0.717) is 6.54 Å². The number of hydrogen-bond donors (Lipinski definition) is 3. The van der Waals surface area contributed by atoms with Crippen molar-refractivity contribution in [2.45, 2.75) is 51.6 Å². The van der Waals surface area contributed by atoms with Crippen molar-refractivity contribution in [2.24, 2.45) is 4.99 Å². The molecule has 0 radical (unpaired) electrons. The number of benzene rings is 2. The van der Waals surface area contributed by atoms with Gasteiger partial charge in [0.25, 0.3) is 0 Å². The van der Waals surface area contributed by atoms with Crippen LogP contribution >= 0.6 is 11.6 Å². The zero-order chi connectivity index (χ0) is 19.8. The van der Waals surface area contributed by atoms with Gasteiger partial charge in [-0.05, 0) is 68.6 Å². The zero-order valence-corrected chi connectivity index (χ0v) is 17.6. The van der Waals surface area contributed by atoms with Crippen molar-refractivity contribution < 1.29 is 0 Å². The molecule has 0 saturated carbocycles. The topological polar surface area (TPSA) is 48.5 Å². The molecule has 0 atom stereocenters. The Balaban J connectivity index is 0.00000109. The highest BCUT2D eigenvalue weighted by Crippen LogP contribution is 2.36. The first-order chi connectivity index (χ1) is 13.8. The standard InChI is InChI=1S/C21H25ClN4.C2H6/c22-17-7-3-6-16(14-17)15-24-20-21(10-4-12-23-13-5-11-21)26-19-9-2-1-8-18(19)25-20;1-2/h1-3,6-9,14,23,26H,4-5,10-13,15H2,(H,24,25);1-2H3. The molecule has 2 aromatic carbocycles. The normalized spacial score (nSPS) is 19.3. The maximum atomic E-state index is 6.13. The summed E-state index contributed by atoms with van der Waals surface area (Å²) in [6.07, 6.45) is 4.39. The van der Waals surface area contributed by atoms with Crippen LogP contribution in [-0.2, 0) is 6.54 Å². The van der Waals surface area contributed by atoms with E-state index in [1.165, 1.54) is 5.69 Å². The third-order valence-electron chi connectivity index (χ3n) is 5.23. The van der Waals surface area contributed by atoms with Crippen LogP contribution in [0.3, 0.4) is 0 Å². The lowest BCUT2D eigenvalue weighted by Gasteiger charge is -2.43. The molecule has 0 aromatic heterocycles. The van der Waals surface area contributed by atoms with Crippen LogP contribution in [-0.4, -0.2) is 24.5 Å². The minimum absolute atomic E-state index is 0.116. The van der Waals surface area contributed by atoms with Crippen molar-refractivity contribution in [2.75, 3.05) is 23.7 Å². The van der Waals surface area contributed by atoms with Gasteiger partial charge in [0.05, 0.1) is 23.5 Å². The predicted molar refractivity (Wildman–Crippen MR) is 122 cm³/mol. The first kappa shape index (κ1) is 20.7. The summed E-state index contributed by atoms with van der Waals surface area (Å²) in [6.45, 7) is 6.76. The predicted octanol–water partition coefficient (Wildman–Crippen LogP) is 5.70. The number of halogens is 1. The molecule has 4 rings (SSSR count). The fourth-order valence-corrected chi connectivity index (χ4v) is 4.12. The summed E-state index contributed by atoms with van der Waals surface area (Å²) in [6, 6.07) is 16.3. The third-order valence-corrected chi connectivity index (χ3v) is 5.47. The van der Waals surface area contributed by atoms with Crippen LogP contribution in [0, 0.1) is 0 Å². The van der Waals surface area contributed by atoms with Gasteiger partial charge in [0.2, 0.25) is 0 Å². The quantitative estimate of drug-likeness (QED) is 0.607. The number of hydrogen-bond acceptors (Lipinski definition) is 3. The van der Waals surface area contributed by atoms with Gasteiger partial charge in [0, 0.05) is 5.02 Å². The second-order valence-corrected chi connectivity index (χ2v) is 7.57. The number of fused-ring (bicyclic) bond motifs is 1. The Bertz CT molecular complexity index is 795. The summed E-state index contributed by atoms with van der Waals surface area (Å²) in [5.41, 5.74) is 3.29. The molecule has 0 aliphatic carbocycles. The fourth-order valence-electron chi connectivity index (χ4n) is 3.90. The lowest BCUT2D eigenvalue weighted by atomic mass is 9.83. The number of amidine groups is 1. The van der Waals surface area contributed by atoms with Crippen molar-refractivity contribution in [1.29, 1.82) is 0 Å². The molecule has 0 unspecified atom stereocenters. The SMILES string of the molecule is CC.Clc1cccc(CN=C2Nc3ccccc3NC23CCCNCCC3)c1. The number of anilines is 2. The van der Waals surface area contributed by atoms with Gasteiger partial charge < -0.3 is 16.0 Å². The molecule has 28 heavy (non-hydrogen) atoms. The van der Waals surface area contributed by atoms with Gasteiger partial charge in [-0.25, -0.2) is 0 Å². The van der Waals surface area contributed by atoms with Crippen molar-refractivity contribution in [1.82, 2.24) is 5.32 Å². The average molecular weight is 399 g/mol. The molecule has 1 fully saturated rings. The minimum Gasteiger partial charge on any atom is -0.371 e. The number of nitrogens with zero attached hydrogens (tertiary/aromatic N) is 1. The van der Waals surface area contributed by atoms with Crippen LogP contribution in [0.15, 0.2) is 53.5 Å². The van der Waals surface area contributed by atoms with Crippen LogP contribution in [0.5, 0.6) is 0 Å². The summed E-state index contributed by atoms with van der Waals surface area (Å²) < 4.78 is 0. The summed E-state index contributed by atoms with van der Waals surface area (Å²) >= 11 is 6.13. The van der Waals surface area contributed by atoms with Gasteiger partial charge in [-0.15, -0.1) is 0 Å². The van der Waals surface area contributed by atoms with E-state index in [0.717, 1.165) is 60.9 Å². The lowest BCUT2D eigenvalue weighted by Crippen LogP contribution is -2.54. The van der Waals surface area contributed by atoms with E-state index in [2.05, 4.69) is 46.3 Å². The number of rotatable bonds is 2. The van der Waals surface area contributed by atoms with Crippen LogP contribution < -0.4 is 16.0 Å². The average Bonchev–Trinajstić information content (AvgIpc) is 2.71. The third kappa shape index (κ3) is 4.86.